The van der Waals surface area contributed by atoms with Crippen molar-refractivity contribution < 1.29 is 9.53 Å². The topological polar surface area (TPSA) is 26.3 Å². The van der Waals surface area contributed by atoms with E-state index in [-0.39, 0.29) is 5.92 Å². The molecule has 0 spiro atoms. The molecular formula is C14H18O2. The van der Waals surface area contributed by atoms with E-state index in [1.165, 1.54) is 5.56 Å². The van der Waals surface area contributed by atoms with Gasteiger partial charge in [0.2, 0.25) is 0 Å². The van der Waals surface area contributed by atoms with Crippen molar-refractivity contribution >= 4 is 6.29 Å². The molecule has 0 amide bonds. The van der Waals surface area contributed by atoms with Crippen LogP contribution in [0.3, 0.4) is 0 Å². The maximum absolute atomic E-state index is 10.4. The minimum atomic E-state index is 0.272. The number of carbonyl (C=O) groups excluding carboxylic acids is 1. The largest absolute Gasteiger partial charge is 0.376 e. The maximum Gasteiger partial charge on any atom is 0.145 e. The number of hydrogen-bond acceptors (Lipinski definition) is 2. The van der Waals surface area contributed by atoms with Gasteiger partial charge < -0.3 is 4.74 Å². The number of aldehydes is 1. The molecule has 2 nitrogen and oxygen atoms in total. The molecule has 0 heterocycles. The van der Waals surface area contributed by atoms with Crippen molar-refractivity contribution in [2.75, 3.05) is 6.61 Å². The summed E-state index contributed by atoms with van der Waals surface area (Å²) < 4.78 is 5.57. The van der Waals surface area contributed by atoms with Crippen LogP contribution in [-0.4, -0.2) is 12.9 Å². The van der Waals surface area contributed by atoms with E-state index in [9.17, 15) is 4.79 Å². The quantitative estimate of drug-likeness (QED) is 0.542. The van der Waals surface area contributed by atoms with E-state index in [0.29, 0.717) is 13.2 Å². The molecule has 0 fully saturated rings. The normalized spacial score (nSPS) is 13.5. The van der Waals surface area contributed by atoms with Gasteiger partial charge in [0.25, 0.3) is 0 Å². The van der Waals surface area contributed by atoms with Crippen LogP contribution >= 0.6 is 0 Å². The highest BCUT2D eigenvalue weighted by atomic mass is 16.5. The van der Waals surface area contributed by atoms with Crippen molar-refractivity contribution in [3.8, 4) is 0 Å². The van der Waals surface area contributed by atoms with E-state index in [1.807, 2.05) is 43.3 Å². The Morgan fingerprint density at radius 3 is 2.69 bits per heavy atom. The zero-order chi connectivity index (χ0) is 11.8. The third kappa shape index (κ3) is 4.89. The first-order valence-corrected chi connectivity index (χ1v) is 5.47. The minimum absolute atomic E-state index is 0.272. The van der Waals surface area contributed by atoms with Crippen LogP contribution in [0.2, 0.25) is 0 Å². The lowest BCUT2D eigenvalue weighted by Gasteiger charge is -2.08. The van der Waals surface area contributed by atoms with Gasteiger partial charge in [0.1, 0.15) is 6.29 Å². The first-order valence-electron chi connectivity index (χ1n) is 5.47. The molecule has 0 saturated heterocycles. The molecule has 0 aliphatic heterocycles. The SMILES string of the molecule is C/C(C=O)=C\[C@@H](C)COCc1ccccc1. The third-order valence-electron chi connectivity index (χ3n) is 2.23. The fourth-order valence-electron chi connectivity index (χ4n) is 1.47. The summed E-state index contributed by atoms with van der Waals surface area (Å²) in [4.78, 5) is 10.4. The molecule has 0 aliphatic carbocycles. The first kappa shape index (κ1) is 12.7. The molecule has 0 unspecified atom stereocenters. The van der Waals surface area contributed by atoms with Crippen molar-refractivity contribution in [3.05, 3.63) is 47.5 Å². The van der Waals surface area contributed by atoms with Gasteiger partial charge in [-0.05, 0) is 24.0 Å². The zero-order valence-electron chi connectivity index (χ0n) is 9.85. The summed E-state index contributed by atoms with van der Waals surface area (Å²) >= 11 is 0. The molecule has 1 aromatic rings. The molecule has 16 heavy (non-hydrogen) atoms. The fraction of sp³-hybridized carbons (Fsp3) is 0.357. The average Bonchev–Trinajstić information content (AvgIpc) is 2.30. The van der Waals surface area contributed by atoms with Gasteiger partial charge in [-0.15, -0.1) is 0 Å². The molecule has 0 bridgehead atoms. The Hall–Kier alpha value is -1.41. The summed E-state index contributed by atoms with van der Waals surface area (Å²) in [6, 6.07) is 10.1. The van der Waals surface area contributed by atoms with Crippen molar-refractivity contribution in [1.82, 2.24) is 0 Å². The average molecular weight is 218 g/mol. The highest BCUT2D eigenvalue weighted by Gasteiger charge is 1.99. The Morgan fingerprint density at radius 2 is 2.06 bits per heavy atom. The van der Waals surface area contributed by atoms with Gasteiger partial charge in [-0.2, -0.15) is 0 Å². The molecule has 86 valence electrons. The van der Waals surface area contributed by atoms with E-state index in [0.717, 1.165) is 11.9 Å². The van der Waals surface area contributed by atoms with Crippen LogP contribution in [0.25, 0.3) is 0 Å². The maximum atomic E-state index is 10.4. The van der Waals surface area contributed by atoms with E-state index < -0.39 is 0 Å². The first-order chi connectivity index (χ1) is 7.72. The van der Waals surface area contributed by atoms with Crippen LogP contribution in [-0.2, 0) is 16.1 Å². The molecule has 2 heteroatoms. The number of hydrogen-bond donors (Lipinski definition) is 0. The highest BCUT2D eigenvalue weighted by Crippen LogP contribution is 2.05. The fourth-order valence-corrected chi connectivity index (χ4v) is 1.47. The van der Waals surface area contributed by atoms with Gasteiger partial charge >= 0.3 is 0 Å². The van der Waals surface area contributed by atoms with Crippen LogP contribution in [0.4, 0.5) is 0 Å². The van der Waals surface area contributed by atoms with E-state index >= 15 is 0 Å². The minimum Gasteiger partial charge on any atom is -0.376 e. The standard InChI is InChI=1S/C14H18O2/c1-12(9-15)8-13(2)10-16-11-14-6-4-3-5-7-14/h3-9,13H,10-11H2,1-2H3/b12-8+/t13-/m1/s1. The van der Waals surface area contributed by atoms with E-state index in [2.05, 4.69) is 0 Å². The van der Waals surface area contributed by atoms with Crippen LogP contribution in [0, 0.1) is 5.92 Å². The van der Waals surface area contributed by atoms with Gasteiger partial charge in [0.15, 0.2) is 0 Å². The van der Waals surface area contributed by atoms with Crippen LogP contribution in [0.5, 0.6) is 0 Å². The predicted octanol–water partition coefficient (Wildman–Crippen LogP) is 2.98. The molecule has 0 aliphatic rings. The Bertz CT molecular complexity index is 341. The molecule has 1 rings (SSSR count). The van der Waals surface area contributed by atoms with Gasteiger partial charge in [-0.25, -0.2) is 0 Å². The smallest absolute Gasteiger partial charge is 0.145 e. The summed E-state index contributed by atoms with van der Waals surface area (Å²) in [5, 5.41) is 0. The van der Waals surface area contributed by atoms with Gasteiger partial charge in [-0.1, -0.05) is 43.3 Å². The summed E-state index contributed by atoms with van der Waals surface area (Å²) in [5.41, 5.74) is 1.93. The summed E-state index contributed by atoms with van der Waals surface area (Å²) in [7, 11) is 0. The second-order valence-electron chi connectivity index (χ2n) is 4.01. The Balaban J connectivity index is 2.28. The lowest BCUT2D eigenvalue weighted by Crippen LogP contribution is -2.04. The third-order valence-corrected chi connectivity index (χ3v) is 2.23. The second-order valence-corrected chi connectivity index (χ2v) is 4.01. The van der Waals surface area contributed by atoms with Crippen LogP contribution in [0.1, 0.15) is 19.4 Å². The Morgan fingerprint density at radius 1 is 1.38 bits per heavy atom. The second kappa shape index (κ2) is 6.96. The van der Waals surface area contributed by atoms with Crippen molar-refractivity contribution in [2.24, 2.45) is 5.92 Å². The van der Waals surface area contributed by atoms with Crippen molar-refractivity contribution in [1.29, 1.82) is 0 Å². The van der Waals surface area contributed by atoms with E-state index in [1.54, 1.807) is 6.92 Å². The lowest BCUT2D eigenvalue weighted by molar-refractivity contribution is -0.104. The van der Waals surface area contributed by atoms with Gasteiger partial charge in [0, 0.05) is 0 Å². The molecular weight excluding hydrogens is 200 g/mol. The molecule has 0 saturated carbocycles. The number of ether oxygens (including phenoxy) is 1. The van der Waals surface area contributed by atoms with Crippen molar-refractivity contribution in [2.45, 2.75) is 20.5 Å². The van der Waals surface area contributed by atoms with Crippen LogP contribution < -0.4 is 0 Å². The summed E-state index contributed by atoms with van der Waals surface area (Å²) in [5.74, 6) is 0.272. The number of carbonyl (C=O) groups is 1. The van der Waals surface area contributed by atoms with Gasteiger partial charge in [0.05, 0.1) is 13.2 Å². The summed E-state index contributed by atoms with van der Waals surface area (Å²) in [6.45, 7) is 5.11. The molecule has 1 aromatic carbocycles. The number of rotatable bonds is 6. The number of allylic oxidation sites excluding steroid dienone is 1. The highest BCUT2D eigenvalue weighted by molar-refractivity contribution is 5.72. The molecule has 0 radical (unpaired) electrons. The molecule has 0 aromatic heterocycles. The Labute approximate surface area is 96.9 Å². The summed E-state index contributed by atoms with van der Waals surface area (Å²) in [6.07, 6.45) is 2.80. The monoisotopic (exact) mass is 218 g/mol. The molecule has 0 N–H and O–H groups in total. The van der Waals surface area contributed by atoms with Crippen LogP contribution in [0.15, 0.2) is 42.0 Å². The Kier molecular flexibility index (Phi) is 5.51. The van der Waals surface area contributed by atoms with Gasteiger partial charge in [-0.3, -0.25) is 4.79 Å². The lowest BCUT2D eigenvalue weighted by atomic mass is 10.1. The van der Waals surface area contributed by atoms with Crippen molar-refractivity contribution in [3.63, 3.8) is 0 Å². The molecule has 1 atom stereocenters. The van der Waals surface area contributed by atoms with E-state index in [4.69, 9.17) is 4.74 Å². The zero-order valence-corrected chi connectivity index (χ0v) is 9.85. The predicted molar refractivity (Wildman–Crippen MR) is 65.1 cm³/mol. The number of benzene rings is 1.